The molecule has 1 aliphatic carbocycles. The van der Waals surface area contributed by atoms with E-state index in [1.165, 1.54) is 12.4 Å². The first-order valence-electron chi connectivity index (χ1n) is 10.6. The van der Waals surface area contributed by atoms with Gasteiger partial charge in [0.05, 0.1) is 24.2 Å². The lowest BCUT2D eigenvalue weighted by Crippen LogP contribution is -2.28. The fourth-order valence-electron chi connectivity index (χ4n) is 3.47. The Morgan fingerprint density at radius 3 is 2.35 bits per heavy atom. The van der Waals surface area contributed by atoms with E-state index in [0.29, 0.717) is 5.69 Å². The number of nitrogens with one attached hydrogen (secondary N) is 1. The highest BCUT2D eigenvalue weighted by Gasteiger charge is 2.34. The SMILES string of the molecule is NC(=O)Cc1ccc(CNc2ncnc(N(Cc3ccc(C(F)(F)F)cn3)C3CC3)c2F)cc1. The van der Waals surface area contributed by atoms with Crippen molar-refractivity contribution < 1.29 is 22.4 Å². The molecule has 1 saturated carbocycles. The molecule has 1 fully saturated rings. The molecule has 0 atom stereocenters. The summed E-state index contributed by atoms with van der Waals surface area (Å²) in [4.78, 5) is 24.7. The lowest BCUT2D eigenvalue weighted by Gasteiger charge is -2.24. The first-order chi connectivity index (χ1) is 16.2. The topological polar surface area (TPSA) is 97.0 Å². The molecular weight excluding hydrogens is 452 g/mol. The summed E-state index contributed by atoms with van der Waals surface area (Å²) in [6, 6.07) is 9.43. The van der Waals surface area contributed by atoms with Crippen LogP contribution in [0.2, 0.25) is 0 Å². The van der Waals surface area contributed by atoms with Crippen LogP contribution in [-0.2, 0) is 30.5 Å². The molecule has 0 saturated heterocycles. The molecule has 0 radical (unpaired) electrons. The molecule has 3 N–H and O–H groups in total. The Kier molecular flexibility index (Phi) is 6.62. The maximum Gasteiger partial charge on any atom is 0.417 e. The number of alkyl halides is 3. The summed E-state index contributed by atoms with van der Waals surface area (Å²) < 4.78 is 53.7. The Bertz CT molecular complexity index is 1150. The molecule has 3 aromatic rings. The molecule has 11 heteroatoms. The molecule has 2 heterocycles. The average Bonchev–Trinajstić information content (AvgIpc) is 3.63. The molecule has 0 spiro atoms. The van der Waals surface area contributed by atoms with Crippen LogP contribution in [0, 0.1) is 5.82 Å². The predicted molar refractivity (Wildman–Crippen MR) is 117 cm³/mol. The largest absolute Gasteiger partial charge is 0.417 e. The average molecular weight is 474 g/mol. The van der Waals surface area contributed by atoms with Gasteiger partial charge in [-0.05, 0) is 36.1 Å². The van der Waals surface area contributed by atoms with Gasteiger partial charge in [0.15, 0.2) is 11.6 Å². The lowest BCUT2D eigenvalue weighted by atomic mass is 10.1. The molecule has 0 aliphatic heterocycles. The molecule has 0 unspecified atom stereocenters. The van der Waals surface area contributed by atoms with Gasteiger partial charge in [-0.3, -0.25) is 9.78 Å². The van der Waals surface area contributed by atoms with Crippen molar-refractivity contribution in [2.45, 2.75) is 44.6 Å². The second-order valence-corrected chi connectivity index (χ2v) is 8.07. The zero-order valence-electron chi connectivity index (χ0n) is 18.0. The fourth-order valence-corrected chi connectivity index (χ4v) is 3.47. The quantitative estimate of drug-likeness (QED) is 0.458. The Labute approximate surface area is 193 Å². The van der Waals surface area contributed by atoms with Gasteiger partial charge in [0, 0.05) is 18.8 Å². The first-order valence-corrected chi connectivity index (χ1v) is 10.6. The standard InChI is InChI=1S/C23H22F4N6O/c24-20-21(30-10-15-3-1-14(2-4-15)9-19(28)34)31-13-32-22(20)33(18-7-8-18)12-17-6-5-16(11-29-17)23(25,26)27/h1-6,11,13,18H,7-10,12H2,(H2,28,34)(H,30,31,32). The fraction of sp³-hybridized carbons (Fsp3) is 0.304. The van der Waals surface area contributed by atoms with Crippen LogP contribution in [0.15, 0.2) is 48.9 Å². The van der Waals surface area contributed by atoms with Gasteiger partial charge in [0.25, 0.3) is 0 Å². The van der Waals surface area contributed by atoms with Crippen LogP contribution in [0.3, 0.4) is 0 Å². The van der Waals surface area contributed by atoms with E-state index in [2.05, 4.69) is 20.3 Å². The van der Waals surface area contributed by atoms with Crippen LogP contribution in [0.5, 0.6) is 0 Å². The lowest BCUT2D eigenvalue weighted by molar-refractivity contribution is -0.137. The Morgan fingerprint density at radius 1 is 1.06 bits per heavy atom. The van der Waals surface area contributed by atoms with E-state index < -0.39 is 23.5 Å². The van der Waals surface area contributed by atoms with E-state index in [9.17, 15) is 18.0 Å². The Hall–Kier alpha value is -3.76. The predicted octanol–water partition coefficient (Wildman–Crippen LogP) is 3.84. The number of anilines is 2. The molecule has 178 valence electrons. The van der Waals surface area contributed by atoms with Gasteiger partial charge in [-0.15, -0.1) is 0 Å². The summed E-state index contributed by atoms with van der Waals surface area (Å²) in [5.41, 5.74) is 6.36. The van der Waals surface area contributed by atoms with Gasteiger partial charge in [-0.2, -0.15) is 17.6 Å². The van der Waals surface area contributed by atoms with Crippen molar-refractivity contribution in [2.75, 3.05) is 10.2 Å². The smallest absolute Gasteiger partial charge is 0.369 e. The molecule has 2 aromatic heterocycles. The van der Waals surface area contributed by atoms with Crippen LogP contribution < -0.4 is 16.0 Å². The normalized spacial score (nSPS) is 13.5. The summed E-state index contributed by atoms with van der Waals surface area (Å²) in [5.74, 6) is -0.990. The zero-order chi connectivity index (χ0) is 24.3. The number of rotatable bonds is 9. The highest BCUT2D eigenvalue weighted by Crippen LogP contribution is 2.35. The maximum absolute atomic E-state index is 15.3. The molecule has 34 heavy (non-hydrogen) atoms. The number of halogens is 4. The third kappa shape index (κ3) is 5.77. The summed E-state index contributed by atoms with van der Waals surface area (Å²) in [5, 5.41) is 2.95. The van der Waals surface area contributed by atoms with E-state index >= 15 is 4.39 Å². The summed E-state index contributed by atoms with van der Waals surface area (Å²) in [7, 11) is 0. The van der Waals surface area contributed by atoms with Gasteiger partial charge in [0.1, 0.15) is 6.33 Å². The number of carbonyl (C=O) groups excluding carboxylic acids is 1. The van der Waals surface area contributed by atoms with Gasteiger partial charge in [0.2, 0.25) is 11.7 Å². The molecule has 1 aliphatic rings. The van der Waals surface area contributed by atoms with Crippen molar-refractivity contribution in [3.63, 3.8) is 0 Å². The van der Waals surface area contributed by atoms with Gasteiger partial charge in [-0.1, -0.05) is 24.3 Å². The van der Waals surface area contributed by atoms with Crippen molar-refractivity contribution in [1.82, 2.24) is 15.0 Å². The number of hydrogen-bond donors (Lipinski definition) is 2. The van der Waals surface area contributed by atoms with Crippen molar-refractivity contribution in [3.05, 3.63) is 77.1 Å². The second kappa shape index (κ2) is 9.62. The van der Waals surface area contributed by atoms with E-state index in [1.54, 1.807) is 29.2 Å². The summed E-state index contributed by atoms with van der Waals surface area (Å²) in [6.45, 7) is 0.408. The molecular formula is C23H22F4N6O. The number of benzene rings is 1. The number of pyridine rings is 1. The van der Waals surface area contributed by atoms with Crippen LogP contribution >= 0.6 is 0 Å². The van der Waals surface area contributed by atoms with Gasteiger partial charge < -0.3 is 16.0 Å². The third-order valence-electron chi connectivity index (χ3n) is 5.38. The van der Waals surface area contributed by atoms with Crippen LogP contribution in [0.25, 0.3) is 0 Å². The van der Waals surface area contributed by atoms with Crippen LogP contribution in [0.1, 0.15) is 35.2 Å². The second-order valence-electron chi connectivity index (χ2n) is 8.07. The first kappa shape index (κ1) is 23.4. The van der Waals surface area contributed by atoms with Crippen molar-refractivity contribution >= 4 is 17.5 Å². The number of primary amides is 1. The monoisotopic (exact) mass is 474 g/mol. The maximum atomic E-state index is 15.3. The van der Waals surface area contributed by atoms with Crippen molar-refractivity contribution in [3.8, 4) is 0 Å². The zero-order valence-corrected chi connectivity index (χ0v) is 18.0. The van der Waals surface area contributed by atoms with E-state index in [4.69, 9.17) is 5.73 Å². The number of nitrogens with two attached hydrogens (primary N) is 1. The number of amides is 1. The Balaban J connectivity index is 1.47. The summed E-state index contributed by atoms with van der Waals surface area (Å²) >= 11 is 0. The Morgan fingerprint density at radius 2 is 1.76 bits per heavy atom. The number of carbonyl (C=O) groups is 1. The molecule has 0 bridgehead atoms. The van der Waals surface area contributed by atoms with Gasteiger partial charge in [-0.25, -0.2) is 9.97 Å². The number of nitrogens with zero attached hydrogens (tertiary/aromatic N) is 4. The van der Waals surface area contributed by atoms with Crippen LogP contribution in [0.4, 0.5) is 29.2 Å². The molecule has 1 amide bonds. The van der Waals surface area contributed by atoms with Crippen molar-refractivity contribution in [2.24, 2.45) is 5.73 Å². The van der Waals surface area contributed by atoms with E-state index in [-0.39, 0.29) is 37.2 Å². The number of hydrogen-bond acceptors (Lipinski definition) is 6. The number of aromatic nitrogens is 3. The van der Waals surface area contributed by atoms with Gasteiger partial charge >= 0.3 is 6.18 Å². The summed E-state index contributed by atoms with van der Waals surface area (Å²) in [6.07, 6.45) is -0.661. The highest BCUT2D eigenvalue weighted by atomic mass is 19.4. The van der Waals surface area contributed by atoms with E-state index in [1.807, 2.05) is 0 Å². The van der Waals surface area contributed by atoms with Crippen LogP contribution in [-0.4, -0.2) is 26.9 Å². The third-order valence-corrected chi connectivity index (χ3v) is 5.38. The van der Waals surface area contributed by atoms with E-state index in [0.717, 1.165) is 36.2 Å². The minimum Gasteiger partial charge on any atom is -0.369 e. The minimum atomic E-state index is -4.47. The molecule has 1 aromatic carbocycles. The highest BCUT2D eigenvalue weighted by molar-refractivity contribution is 5.76. The molecule has 7 nitrogen and oxygen atoms in total. The minimum absolute atomic E-state index is 0.0113. The van der Waals surface area contributed by atoms with Crippen molar-refractivity contribution in [1.29, 1.82) is 0 Å². The molecule has 4 rings (SSSR count).